The van der Waals surface area contributed by atoms with Gasteiger partial charge in [0.1, 0.15) is 5.75 Å². The molecule has 0 saturated carbocycles. The van der Waals surface area contributed by atoms with Gasteiger partial charge >= 0.3 is 6.03 Å². The minimum absolute atomic E-state index is 0.282. The first kappa shape index (κ1) is 17.1. The van der Waals surface area contributed by atoms with Gasteiger partial charge in [0.2, 0.25) is 5.91 Å². The maximum absolute atomic E-state index is 12.0. The van der Waals surface area contributed by atoms with Crippen LogP contribution in [0.3, 0.4) is 0 Å². The summed E-state index contributed by atoms with van der Waals surface area (Å²) in [6.45, 7) is 4.92. The number of methoxy groups -OCH3 is 1. The standard InChI is InChI=1S/C16H24N4O3/c1-12(15(21)18-16(22)17-2)19-8-10-20(11-9-19)13-6-4-5-7-14(13)23-3/h4-7,12H,8-11H2,1-3H3,(H2,17,18,21,22)/t12-/m0/s1. The summed E-state index contributed by atoms with van der Waals surface area (Å²) in [5.74, 6) is 0.571. The van der Waals surface area contributed by atoms with Crippen molar-refractivity contribution in [3.05, 3.63) is 24.3 Å². The Kier molecular flexibility index (Phi) is 5.81. The molecule has 0 bridgehead atoms. The third-order valence-corrected chi connectivity index (χ3v) is 4.13. The number of hydrogen-bond acceptors (Lipinski definition) is 5. The molecule has 0 aliphatic carbocycles. The first-order chi connectivity index (χ1) is 11.1. The van der Waals surface area contributed by atoms with E-state index in [4.69, 9.17) is 4.74 Å². The second-order valence-electron chi connectivity index (χ2n) is 5.44. The highest BCUT2D eigenvalue weighted by atomic mass is 16.5. The van der Waals surface area contributed by atoms with Gasteiger partial charge in [-0.05, 0) is 19.1 Å². The fourth-order valence-electron chi connectivity index (χ4n) is 2.69. The highest BCUT2D eigenvalue weighted by molar-refractivity contribution is 5.96. The number of piperazine rings is 1. The smallest absolute Gasteiger partial charge is 0.321 e. The van der Waals surface area contributed by atoms with Crippen LogP contribution in [0.2, 0.25) is 0 Å². The van der Waals surface area contributed by atoms with Crippen LogP contribution in [0.15, 0.2) is 24.3 Å². The zero-order valence-electron chi connectivity index (χ0n) is 13.8. The number of amides is 3. The molecule has 7 nitrogen and oxygen atoms in total. The summed E-state index contributed by atoms with van der Waals surface area (Å²) in [4.78, 5) is 27.6. The second-order valence-corrected chi connectivity index (χ2v) is 5.44. The molecule has 7 heteroatoms. The molecule has 1 aromatic carbocycles. The van der Waals surface area contributed by atoms with Gasteiger partial charge in [-0.25, -0.2) is 4.79 Å². The Morgan fingerprint density at radius 2 is 1.83 bits per heavy atom. The van der Waals surface area contributed by atoms with Crippen molar-refractivity contribution in [3.63, 3.8) is 0 Å². The van der Waals surface area contributed by atoms with E-state index in [1.165, 1.54) is 7.05 Å². The van der Waals surface area contributed by atoms with E-state index in [1.54, 1.807) is 7.11 Å². The lowest BCUT2D eigenvalue weighted by molar-refractivity contribution is -0.124. The Balaban J connectivity index is 1.93. The summed E-state index contributed by atoms with van der Waals surface area (Å²) in [7, 11) is 3.15. The van der Waals surface area contributed by atoms with Gasteiger partial charge in [0.05, 0.1) is 18.8 Å². The van der Waals surface area contributed by atoms with Gasteiger partial charge in [-0.2, -0.15) is 0 Å². The lowest BCUT2D eigenvalue weighted by Crippen LogP contribution is -2.55. The SMILES string of the molecule is CNC(=O)NC(=O)[C@H](C)N1CCN(c2ccccc2OC)CC1. The number of nitrogens with zero attached hydrogens (tertiary/aromatic N) is 2. The molecule has 1 atom stereocenters. The minimum atomic E-state index is -0.477. The molecule has 1 aromatic rings. The molecular weight excluding hydrogens is 296 g/mol. The van der Waals surface area contributed by atoms with Gasteiger partial charge in [0.15, 0.2) is 0 Å². The highest BCUT2D eigenvalue weighted by Crippen LogP contribution is 2.28. The zero-order valence-corrected chi connectivity index (χ0v) is 13.8. The maximum atomic E-state index is 12.0. The van der Waals surface area contributed by atoms with Crippen LogP contribution >= 0.6 is 0 Å². The van der Waals surface area contributed by atoms with Crippen molar-refractivity contribution in [2.75, 3.05) is 45.2 Å². The summed E-state index contributed by atoms with van der Waals surface area (Å²) >= 11 is 0. The normalized spacial score (nSPS) is 16.6. The van der Waals surface area contributed by atoms with Crippen LogP contribution in [-0.2, 0) is 4.79 Å². The molecule has 0 spiro atoms. The average Bonchev–Trinajstić information content (AvgIpc) is 2.60. The molecule has 2 rings (SSSR count). The van der Waals surface area contributed by atoms with Crippen LogP contribution in [0, 0.1) is 0 Å². The Hall–Kier alpha value is -2.28. The number of hydrogen-bond donors (Lipinski definition) is 2. The number of nitrogens with one attached hydrogen (secondary N) is 2. The van der Waals surface area contributed by atoms with Crippen LogP contribution in [0.1, 0.15) is 6.92 Å². The lowest BCUT2D eigenvalue weighted by Gasteiger charge is -2.38. The molecule has 1 aliphatic heterocycles. The second kappa shape index (κ2) is 7.82. The third kappa shape index (κ3) is 4.13. The number of carbonyl (C=O) groups excluding carboxylic acids is 2. The molecule has 126 valence electrons. The van der Waals surface area contributed by atoms with Crippen LogP contribution in [0.25, 0.3) is 0 Å². The molecule has 3 amide bonds. The van der Waals surface area contributed by atoms with Crippen molar-refractivity contribution in [3.8, 4) is 5.75 Å². The highest BCUT2D eigenvalue weighted by Gasteiger charge is 2.27. The summed E-state index contributed by atoms with van der Waals surface area (Å²) in [6, 6.07) is 7.10. The van der Waals surface area contributed by atoms with E-state index in [0.717, 1.165) is 37.6 Å². The molecule has 0 unspecified atom stereocenters. The molecule has 2 N–H and O–H groups in total. The number of anilines is 1. The molecule has 1 aliphatic rings. The first-order valence-corrected chi connectivity index (χ1v) is 7.71. The van der Waals surface area contributed by atoms with Crippen molar-refractivity contribution >= 4 is 17.6 Å². The molecule has 0 radical (unpaired) electrons. The predicted molar refractivity (Wildman–Crippen MR) is 88.8 cm³/mol. The molecule has 1 heterocycles. The van der Waals surface area contributed by atoms with E-state index in [0.29, 0.717) is 0 Å². The van der Waals surface area contributed by atoms with E-state index in [1.807, 2.05) is 31.2 Å². The number of imide groups is 1. The number of para-hydroxylation sites is 2. The van der Waals surface area contributed by atoms with Gasteiger partial charge in [-0.3, -0.25) is 15.0 Å². The maximum Gasteiger partial charge on any atom is 0.321 e. The van der Waals surface area contributed by atoms with Crippen LogP contribution < -0.4 is 20.3 Å². The Morgan fingerprint density at radius 3 is 2.43 bits per heavy atom. The van der Waals surface area contributed by atoms with E-state index < -0.39 is 6.03 Å². The Bertz CT molecular complexity index is 556. The summed E-state index contributed by atoms with van der Waals surface area (Å²) in [5.41, 5.74) is 1.07. The van der Waals surface area contributed by atoms with Gasteiger partial charge in [0.25, 0.3) is 0 Å². The number of benzene rings is 1. The average molecular weight is 320 g/mol. The summed E-state index contributed by atoms with van der Waals surface area (Å²) in [6.07, 6.45) is 0. The van der Waals surface area contributed by atoms with Crippen molar-refractivity contribution in [1.82, 2.24) is 15.5 Å². The van der Waals surface area contributed by atoms with E-state index >= 15 is 0 Å². The van der Waals surface area contributed by atoms with Gasteiger partial charge in [0, 0.05) is 33.2 Å². The Labute approximate surface area is 136 Å². The molecule has 0 aromatic heterocycles. The topological polar surface area (TPSA) is 73.9 Å². The van der Waals surface area contributed by atoms with E-state index in [2.05, 4.69) is 20.4 Å². The lowest BCUT2D eigenvalue weighted by atomic mass is 10.2. The molecule has 1 saturated heterocycles. The zero-order chi connectivity index (χ0) is 16.8. The van der Waals surface area contributed by atoms with Gasteiger partial charge < -0.3 is 15.0 Å². The predicted octanol–water partition coefficient (Wildman–Crippen LogP) is 0.661. The first-order valence-electron chi connectivity index (χ1n) is 7.71. The van der Waals surface area contributed by atoms with E-state index in [9.17, 15) is 9.59 Å². The quantitative estimate of drug-likeness (QED) is 0.853. The summed E-state index contributed by atoms with van der Waals surface area (Å²) in [5, 5.41) is 4.71. The number of ether oxygens (including phenoxy) is 1. The molecular formula is C16H24N4O3. The monoisotopic (exact) mass is 320 g/mol. The van der Waals surface area contributed by atoms with Crippen molar-refractivity contribution in [2.45, 2.75) is 13.0 Å². The number of rotatable bonds is 4. The van der Waals surface area contributed by atoms with Crippen molar-refractivity contribution in [2.24, 2.45) is 0 Å². The molecule has 23 heavy (non-hydrogen) atoms. The van der Waals surface area contributed by atoms with Crippen molar-refractivity contribution in [1.29, 1.82) is 0 Å². The van der Waals surface area contributed by atoms with Crippen LogP contribution in [0.4, 0.5) is 10.5 Å². The van der Waals surface area contributed by atoms with Crippen LogP contribution in [0.5, 0.6) is 5.75 Å². The minimum Gasteiger partial charge on any atom is -0.495 e. The Morgan fingerprint density at radius 1 is 1.17 bits per heavy atom. The number of carbonyl (C=O) groups is 2. The third-order valence-electron chi connectivity index (χ3n) is 4.13. The van der Waals surface area contributed by atoms with Gasteiger partial charge in [-0.1, -0.05) is 12.1 Å². The largest absolute Gasteiger partial charge is 0.495 e. The van der Waals surface area contributed by atoms with Crippen LogP contribution in [-0.4, -0.2) is 63.2 Å². The van der Waals surface area contributed by atoms with Crippen molar-refractivity contribution < 1.29 is 14.3 Å². The fourth-order valence-corrected chi connectivity index (χ4v) is 2.69. The fraction of sp³-hybridized carbons (Fsp3) is 0.500. The van der Waals surface area contributed by atoms with Gasteiger partial charge in [-0.15, -0.1) is 0 Å². The number of urea groups is 1. The summed E-state index contributed by atoms with van der Waals surface area (Å²) < 4.78 is 5.40. The molecule has 1 fully saturated rings. The van der Waals surface area contributed by atoms with E-state index in [-0.39, 0.29) is 11.9 Å².